The van der Waals surface area contributed by atoms with E-state index in [2.05, 4.69) is 4.72 Å². The molecule has 0 saturated carbocycles. The minimum Gasteiger partial charge on any atom is -0.462 e. The molecule has 0 spiro atoms. The van der Waals surface area contributed by atoms with Gasteiger partial charge in [-0.2, -0.15) is 0 Å². The number of para-hydroxylation sites is 1. The summed E-state index contributed by atoms with van der Waals surface area (Å²) in [7, 11) is -3.79. The third-order valence-electron chi connectivity index (χ3n) is 3.57. The van der Waals surface area contributed by atoms with Crippen molar-refractivity contribution in [3.8, 4) is 0 Å². The maximum atomic E-state index is 12.6. The van der Waals surface area contributed by atoms with Crippen molar-refractivity contribution in [1.82, 2.24) is 0 Å². The van der Waals surface area contributed by atoms with Gasteiger partial charge in [-0.25, -0.2) is 13.2 Å². The Hall–Kier alpha value is -2.34. The molecule has 0 aliphatic rings. The molecular weight excluding hydrogens is 326 g/mol. The second kappa shape index (κ2) is 7.49. The third kappa shape index (κ3) is 4.14. The molecule has 5 nitrogen and oxygen atoms in total. The van der Waals surface area contributed by atoms with Crippen molar-refractivity contribution < 1.29 is 17.9 Å². The zero-order chi connectivity index (χ0) is 17.7. The van der Waals surface area contributed by atoms with E-state index >= 15 is 0 Å². The summed E-state index contributed by atoms with van der Waals surface area (Å²) in [6, 6.07) is 11.5. The van der Waals surface area contributed by atoms with Gasteiger partial charge in [0, 0.05) is 0 Å². The van der Waals surface area contributed by atoms with Gasteiger partial charge in [-0.3, -0.25) is 4.72 Å². The number of benzene rings is 2. The summed E-state index contributed by atoms with van der Waals surface area (Å²) >= 11 is 0. The van der Waals surface area contributed by atoms with Gasteiger partial charge in [0.05, 0.1) is 22.8 Å². The molecule has 0 fully saturated rings. The lowest BCUT2D eigenvalue weighted by Crippen LogP contribution is -2.15. The first-order valence-electron chi connectivity index (χ1n) is 7.71. The number of carbonyl (C=O) groups excluding carboxylic acids is 1. The third-order valence-corrected chi connectivity index (χ3v) is 4.93. The highest BCUT2D eigenvalue weighted by Gasteiger charge is 2.19. The molecule has 0 radical (unpaired) electrons. The number of anilines is 1. The molecule has 0 aliphatic heterocycles. The quantitative estimate of drug-likeness (QED) is 0.809. The van der Waals surface area contributed by atoms with Gasteiger partial charge in [0.25, 0.3) is 10.0 Å². The lowest BCUT2D eigenvalue weighted by atomic mass is 10.1. The standard InChI is InChI=1S/C18H21NO4S/c1-4-11-23-18(20)16-12-15(10-9-13(16)2)24(21,22)19-17-8-6-5-7-14(17)3/h5-10,12,19H,4,11H2,1-3H3. The number of hydrogen-bond acceptors (Lipinski definition) is 4. The maximum absolute atomic E-state index is 12.6. The van der Waals surface area contributed by atoms with Gasteiger partial charge in [-0.05, 0) is 49.6 Å². The SMILES string of the molecule is CCCOC(=O)c1cc(S(=O)(=O)Nc2ccccc2C)ccc1C. The first-order valence-corrected chi connectivity index (χ1v) is 9.19. The maximum Gasteiger partial charge on any atom is 0.338 e. The van der Waals surface area contributed by atoms with Crippen LogP contribution < -0.4 is 4.72 Å². The summed E-state index contributed by atoms with van der Waals surface area (Å²) in [5, 5.41) is 0. The van der Waals surface area contributed by atoms with Crippen molar-refractivity contribution in [2.75, 3.05) is 11.3 Å². The van der Waals surface area contributed by atoms with E-state index in [0.29, 0.717) is 24.3 Å². The number of nitrogens with one attached hydrogen (secondary N) is 1. The van der Waals surface area contributed by atoms with E-state index in [9.17, 15) is 13.2 Å². The molecule has 2 aromatic rings. The van der Waals surface area contributed by atoms with Crippen LogP contribution in [0.3, 0.4) is 0 Å². The number of aryl methyl sites for hydroxylation is 2. The zero-order valence-electron chi connectivity index (χ0n) is 14.0. The summed E-state index contributed by atoms with van der Waals surface area (Å²) in [6.07, 6.45) is 0.706. The molecule has 0 amide bonds. The molecule has 24 heavy (non-hydrogen) atoms. The van der Waals surface area contributed by atoms with Gasteiger partial charge >= 0.3 is 5.97 Å². The van der Waals surface area contributed by atoms with Crippen molar-refractivity contribution in [1.29, 1.82) is 0 Å². The number of esters is 1. The van der Waals surface area contributed by atoms with Crippen LogP contribution in [0.2, 0.25) is 0 Å². The second-order valence-corrected chi connectivity index (χ2v) is 7.22. The molecule has 0 aliphatic carbocycles. The Morgan fingerprint density at radius 3 is 2.46 bits per heavy atom. The molecule has 0 unspecified atom stereocenters. The van der Waals surface area contributed by atoms with Crippen molar-refractivity contribution in [3.63, 3.8) is 0 Å². The molecule has 128 valence electrons. The number of hydrogen-bond donors (Lipinski definition) is 1. The summed E-state index contributed by atoms with van der Waals surface area (Å²) in [5.41, 5.74) is 2.26. The lowest BCUT2D eigenvalue weighted by molar-refractivity contribution is 0.0504. The van der Waals surface area contributed by atoms with E-state index in [1.807, 2.05) is 26.0 Å². The first kappa shape index (κ1) is 18.0. The fourth-order valence-electron chi connectivity index (χ4n) is 2.15. The largest absolute Gasteiger partial charge is 0.462 e. The number of carbonyl (C=O) groups is 1. The Labute approximate surface area is 142 Å². The van der Waals surface area contributed by atoms with E-state index in [4.69, 9.17) is 4.74 Å². The number of ether oxygens (including phenoxy) is 1. The molecule has 2 aromatic carbocycles. The van der Waals surface area contributed by atoms with Gasteiger partial charge < -0.3 is 4.74 Å². The van der Waals surface area contributed by atoms with Gasteiger partial charge in [0.1, 0.15) is 0 Å². The zero-order valence-corrected chi connectivity index (χ0v) is 14.8. The summed E-state index contributed by atoms with van der Waals surface area (Å²) in [6.45, 7) is 5.76. The first-order chi connectivity index (χ1) is 11.3. The topological polar surface area (TPSA) is 72.5 Å². The normalized spacial score (nSPS) is 11.1. The summed E-state index contributed by atoms with van der Waals surface area (Å²) in [5.74, 6) is -0.512. The molecule has 0 bridgehead atoms. The smallest absolute Gasteiger partial charge is 0.338 e. The highest BCUT2D eigenvalue weighted by Crippen LogP contribution is 2.21. The average Bonchev–Trinajstić information content (AvgIpc) is 2.54. The monoisotopic (exact) mass is 347 g/mol. The molecule has 0 saturated heterocycles. The average molecular weight is 347 g/mol. The summed E-state index contributed by atoms with van der Waals surface area (Å²) in [4.78, 5) is 12.1. The van der Waals surface area contributed by atoms with Crippen molar-refractivity contribution in [2.24, 2.45) is 0 Å². The van der Waals surface area contributed by atoms with Gasteiger partial charge in [-0.1, -0.05) is 31.2 Å². The van der Waals surface area contributed by atoms with Crippen LogP contribution in [0.25, 0.3) is 0 Å². The van der Waals surface area contributed by atoms with Crippen LogP contribution >= 0.6 is 0 Å². The van der Waals surface area contributed by atoms with Gasteiger partial charge in [-0.15, -0.1) is 0 Å². The van der Waals surface area contributed by atoms with Crippen molar-refractivity contribution >= 4 is 21.7 Å². The van der Waals surface area contributed by atoms with E-state index < -0.39 is 16.0 Å². The molecule has 0 atom stereocenters. The van der Waals surface area contributed by atoms with Crippen LogP contribution in [0.5, 0.6) is 0 Å². The highest BCUT2D eigenvalue weighted by atomic mass is 32.2. The van der Waals surface area contributed by atoms with Crippen LogP contribution in [0.4, 0.5) is 5.69 Å². The van der Waals surface area contributed by atoms with Crippen LogP contribution in [-0.2, 0) is 14.8 Å². The number of sulfonamides is 1. The lowest BCUT2D eigenvalue weighted by Gasteiger charge is -2.12. The molecule has 6 heteroatoms. The van der Waals surface area contributed by atoms with Crippen LogP contribution in [0.1, 0.15) is 34.8 Å². The van der Waals surface area contributed by atoms with Crippen LogP contribution in [-0.4, -0.2) is 21.0 Å². The Balaban J connectivity index is 2.34. The Morgan fingerprint density at radius 1 is 1.08 bits per heavy atom. The minimum atomic E-state index is -3.79. The van der Waals surface area contributed by atoms with E-state index in [1.54, 1.807) is 25.1 Å². The number of rotatable bonds is 6. The molecule has 0 aromatic heterocycles. The fourth-order valence-corrected chi connectivity index (χ4v) is 3.31. The highest BCUT2D eigenvalue weighted by molar-refractivity contribution is 7.92. The van der Waals surface area contributed by atoms with Crippen molar-refractivity contribution in [3.05, 3.63) is 59.2 Å². The van der Waals surface area contributed by atoms with E-state index in [-0.39, 0.29) is 10.5 Å². The fraction of sp³-hybridized carbons (Fsp3) is 0.278. The Kier molecular flexibility index (Phi) is 5.62. The van der Waals surface area contributed by atoms with Crippen molar-refractivity contribution in [2.45, 2.75) is 32.1 Å². The van der Waals surface area contributed by atoms with E-state index in [1.165, 1.54) is 12.1 Å². The van der Waals surface area contributed by atoms with Crippen LogP contribution in [0.15, 0.2) is 47.4 Å². The predicted octanol–water partition coefficient (Wildman–Crippen LogP) is 3.67. The second-order valence-electron chi connectivity index (χ2n) is 5.53. The minimum absolute atomic E-state index is 0.0276. The summed E-state index contributed by atoms with van der Waals surface area (Å²) < 4.78 is 32.8. The molecule has 0 heterocycles. The Morgan fingerprint density at radius 2 is 1.79 bits per heavy atom. The van der Waals surface area contributed by atoms with Gasteiger partial charge in [0.2, 0.25) is 0 Å². The van der Waals surface area contributed by atoms with Gasteiger partial charge in [0.15, 0.2) is 0 Å². The Bertz CT molecular complexity index is 844. The molecule has 1 N–H and O–H groups in total. The van der Waals surface area contributed by atoms with E-state index in [0.717, 1.165) is 5.56 Å². The molecular formula is C18H21NO4S. The molecule has 2 rings (SSSR count). The van der Waals surface area contributed by atoms with Crippen LogP contribution in [0, 0.1) is 13.8 Å². The predicted molar refractivity (Wildman–Crippen MR) is 93.7 cm³/mol.